The third-order valence-corrected chi connectivity index (χ3v) is 5.59. The molecule has 0 aliphatic carbocycles. The second-order valence-electron chi connectivity index (χ2n) is 7.55. The van der Waals surface area contributed by atoms with Gasteiger partial charge in [-0.15, -0.1) is 0 Å². The van der Waals surface area contributed by atoms with Gasteiger partial charge in [0.05, 0.1) is 17.2 Å². The lowest BCUT2D eigenvalue weighted by Gasteiger charge is -2.09. The number of nitrogens with zero attached hydrogens (tertiary/aromatic N) is 6. The van der Waals surface area contributed by atoms with E-state index in [9.17, 15) is 19.7 Å². The van der Waals surface area contributed by atoms with Crippen molar-refractivity contribution in [3.05, 3.63) is 97.3 Å². The number of non-ortho nitro benzene ring substituents is 1. The summed E-state index contributed by atoms with van der Waals surface area (Å²) in [5, 5.41) is 11.3. The summed E-state index contributed by atoms with van der Waals surface area (Å²) in [4.78, 5) is 40.8. The third kappa shape index (κ3) is 2.84. The maximum absolute atomic E-state index is 12.9. The minimum Gasteiger partial charge on any atom is -0.305 e. The van der Waals surface area contributed by atoms with Gasteiger partial charge in [-0.3, -0.25) is 28.4 Å². The molecule has 5 rings (SSSR count). The number of nitro benzene ring substituents is 1. The van der Waals surface area contributed by atoms with Gasteiger partial charge in [0.2, 0.25) is 5.78 Å². The molecule has 0 unspecified atom stereocenters. The van der Waals surface area contributed by atoms with E-state index in [-0.39, 0.29) is 16.9 Å². The van der Waals surface area contributed by atoms with E-state index in [1.807, 2.05) is 34.9 Å². The molecular weight excluding hydrogens is 412 g/mol. The van der Waals surface area contributed by atoms with Crippen LogP contribution < -0.4 is 11.2 Å². The zero-order valence-corrected chi connectivity index (χ0v) is 17.3. The monoisotopic (exact) mass is 430 g/mol. The highest BCUT2D eigenvalue weighted by Gasteiger charge is 2.21. The molecule has 5 aromatic rings. The van der Waals surface area contributed by atoms with Crippen LogP contribution in [-0.2, 0) is 20.6 Å². The van der Waals surface area contributed by atoms with Gasteiger partial charge in [0.1, 0.15) is 0 Å². The van der Waals surface area contributed by atoms with E-state index in [1.54, 1.807) is 29.8 Å². The van der Waals surface area contributed by atoms with Gasteiger partial charge in [0, 0.05) is 38.0 Å². The lowest BCUT2D eigenvalue weighted by molar-refractivity contribution is -0.384. The number of aryl methyl sites for hydroxylation is 1. The molecule has 3 heterocycles. The molecule has 0 radical (unpaired) electrons. The number of aromatic nitrogens is 5. The second kappa shape index (κ2) is 7.05. The first-order valence-corrected chi connectivity index (χ1v) is 9.83. The molecule has 0 amide bonds. The molecule has 0 saturated heterocycles. The Bertz CT molecular complexity index is 1640. The molecule has 0 aliphatic rings. The van der Waals surface area contributed by atoms with E-state index in [0.29, 0.717) is 23.6 Å². The first-order valence-electron chi connectivity index (χ1n) is 9.83. The highest BCUT2D eigenvalue weighted by molar-refractivity contribution is 5.78. The molecule has 0 atom stereocenters. The van der Waals surface area contributed by atoms with Crippen LogP contribution >= 0.6 is 0 Å². The van der Waals surface area contributed by atoms with Gasteiger partial charge in [-0.1, -0.05) is 42.5 Å². The van der Waals surface area contributed by atoms with Crippen LogP contribution in [0.2, 0.25) is 0 Å². The van der Waals surface area contributed by atoms with Crippen LogP contribution in [0.3, 0.4) is 0 Å². The van der Waals surface area contributed by atoms with E-state index < -0.39 is 16.2 Å². The number of hydrogen-bond donors (Lipinski definition) is 0. The van der Waals surface area contributed by atoms with Crippen LogP contribution in [0.4, 0.5) is 5.69 Å². The van der Waals surface area contributed by atoms with Gasteiger partial charge in [0.25, 0.3) is 11.2 Å². The summed E-state index contributed by atoms with van der Waals surface area (Å²) in [7, 11) is 2.99. The van der Waals surface area contributed by atoms with Crippen LogP contribution in [0.25, 0.3) is 28.2 Å². The maximum Gasteiger partial charge on any atom is 0.332 e. The molecule has 2 aromatic carbocycles. The molecule has 32 heavy (non-hydrogen) atoms. The largest absolute Gasteiger partial charge is 0.332 e. The Morgan fingerprint density at radius 2 is 1.75 bits per heavy atom. The highest BCUT2D eigenvalue weighted by Crippen LogP contribution is 2.28. The van der Waals surface area contributed by atoms with Crippen LogP contribution in [0.5, 0.6) is 0 Å². The number of imidazole rings is 2. The molecule has 0 aliphatic heterocycles. The van der Waals surface area contributed by atoms with Crippen molar-refractivity contribution in [3.63, 3.8) is 0 Å². The number of nitro groups is 1. The van der Waals surface area contributed by atoms with E-state index in [1.165, 1.54) is 23.7 Å². The number of hydrogen-bond acceptors (Lipinski definition) is 5. The number of benzene rings is 2. The van der Waals surface area contributed by atoms with Gasteiger partial charge in [-0.2, -0.15) is 4.98 Å². The molecule has 0 saturated carbocycles. The predicted molar refractivity (Wildman–Crippen MR) is 119 cm³/mol. The summed E-state index contributed by atoms with van der Waals surface area (Å²) in [5.74, 6) is 0.462. The topological polar surface area (TPSA) is 109 Å². The maximum atomic E-state index is 12.9. The molecule has 10 heteroatoms. The molecule has 0 spiro atoms. The number of rotatable bonds is 4. The molecule has 0 fully saturated rings. The molecule has 0 N–H and O–H groups in total. The van der Waals surface area contributed by atoms with Gasteiger partial charge >= 0.3 is 5.69 Å². The van der Waals surface area contributed by atoms with Gasteiger partial charge in [-0.25, -0.2) is 4.79 Å². The average Bonchev–Trinajstić information content (AvgIpc) is 3.34. The summed E-state index contributed by atoms with van der Waals surface area (Å²) < 4.78 is 5.91. The SMILES string of the molecule is Cn1c(=O)c2c(nc3n(Cc4ccccc4)c(-c4cccc([N+](=O)[O-])c4)cn23)n(C)c1=O. The van der Waals surface area contributed by atoms with Crippen LogP contribution in [0, 0.1) is 10.1 Å². The van der Waals surface area contributed by atoms with E-state index in [2.05, 4.69) is 4.98 Å². The van der Waals surface area contributed by atoms with Crippen LogP contribution in [0.15, 0.2) is 70.4 Å². The van der Waals surface area contributed by atoms with Gasteiger partial charge < -0.3 is 4.57 Å². The standard InChI is InChI=1S/C22H18N6O4/c1-24-19-18(20(29)25(2)22(24)30)27-13-17(15-9-6-10-16(11-15)28(31)32)26(21(27)23-19)12-14-7-4-3-5-8-14/h3-11,13H,12H2,1-2H3. The minimum atomic E-state index is -0.461. The second-order valence-corrected chi connectivity index (χ2v) is 7.55. The number of fused-ring (bicyclic) bond motifs is 3. The first-order chi connectivity index (χ1) is 15.4. The Kier molecular flexibility index (Phi) is 4.29. The fraction of sp³-hybridized carbons (Fsp3) is 0.136. The lowest BCUT2D eigenvalue weighted by atomic mass is 10.1. The lowest BCUT2D eigenvalue weighted by Crippen LogP contribution is -2.37. The smallest absolute Gasteiger partial charge is 0.305 e. The Balaban J connectivity index is 1.86. The molecule has 160 valence electrons. The first kappa shape index (κ1) is 19.5. The van der Waals surface area contributed by atoms with Gasteiger partial charge in [0.15, 0.2) is 11.2 Å². The minimum absolute atomic E-state index is 0.0317. The third-order valence-electron chi connectivity index (χ3n) is 5.59. The summed E-state index contributed by atoms with van der Waals surface area (Å²) in [6.45, 7) is 0.424. The van der Waals surface area contributed by atoms with Crippen molar-refractivity contribution in [2.45, 2.75) is 6.54 Å². The van der Waals surface area contributed by atoms with Crippen molar-refractivity contribution in [2.75, 3.05) is 0 Å². The van der Waals surface area contributed by atoms with Crippen LogP contribution in [0.1, 0.15) is 5.56 Å². The van der Waals surface area contributed by atoms with Crippen molar-refractivity contribution in [1.29, 1.82) is 0 Å². The fourth-order valence-electron chi connectivity index (χ4n) is 3.95. The van der Waals surface area contributed by atoms with Crippen molar-refractivity contribution in [3.8, 4) is 11.3 Å². The van der Waals surface area contributed by atoms with E-state index >= 15 is 0 Å². The molecule has 10 nitrogen and oxygen atoms in total. The van der Waals surface area contributed by atoms with Crippen molar-refractivity contribution < 1.29 is 4.92 Å². The average molecular weight is 430 g/mol. The summed E-state index contributed by atoms with van der Waals surface area (Å²) in [5.41, 5.74) is 1.87. The Hall–Kier alpha value is -4.47. The van der Waals surface area contributed by atoms with Gasteiger partial charge in [-0.05, 0) is 5.56 Å². The quantitative estimate of drug-likeness (QED) is 0.321. The van der Waals surface area contributed by atoms with Crippen molar-refractivity contribution in [2.24, 2.45) is 14.1 Å². The Morgan fingerprint density at radius 3 is 2.47 bits per heavy atom. The van der Waals surface area contributed by atoms with Crippen LogP contribution in [-0.4, -0.2) is 28.0 Å². The van der Waals surface area contributed by atoms with E-state index in [0.717, 1.165) is 10.1 Å². The summed E-state index contributed by atoms with van der Waals surface area (Å²) >= 11 is 0. The Morgan fingerprint density at radius 1 is 1.00 bits per heavy atom. The molecule has 3 aromatic heterocycles. The molecule has 0 bridgehead atoms. The fourth-order valence-corrected chi connectivity index (χ4v) is 3.95. The Labute approximate surface area is 180 Å². The normalized spacial score (nSPS) is 11.4. The zero-order chi connectivity index (χ0) is 22.6. The highest BCUT2D eigenvalue weighted by atomic mass is 16.6. The van der Waals surface area contributed by atoms with Crippen molar-refractivity contribution >= 4 is 22.6 Å². The summed E-state index contributed by atoms with van der Waals surface area (Å²) in [6, 6.07) is 16.0. The van der Waals surface area contributed by atoms with Crippen molar-refractivity contribution in [1.82, 2.24) is 23.1 Å². The zero-order valence-electron chi connectivity index (χ0n) is 17.3. The van der Waals surface area contributed by atoms with E-state index in [4.69, 9.17) is 0 Å². The molecular formula is C22H18N6O4. The summed E-state index contributed by atoms with van der Waals surface area (Å²) in [6.07, 6.45) is 1.73. The predicted octanol–water partition coefficient (Wildman–Crippen LogP) is 2.31.